The highest BCUT2D eigenvalue weighted by Gasteiger charge is 2.17. The van der Waals surface area contributed by atoms with E-state index in [4.69, 9.17) is 18.9 Å². The molecule has 0 saturated heterocycles. The Morgan fingerprint density at radius 2 is 0.552 bits per heavy atom. The predicted molar refractivity (Wildman–Crippen MR) is 247 cm³/mol. The molecule has 5 aromatic carbocycles. The minimum Gasteiger partial charge on any atom is -0.494 e. The molecule has 0 aliphatic rings. The van der Waals surface area contributed by atoms with Crippen molar-refractivity contribution in [1.29, 1.82) is 0 Å². The molecule has 4 nitrogen and oxygen atoms in total. The Morgan fingerprint density at radius 3 is 0.897 bits per heavy atom. The van der Waals surface area contributed by atoms with Crippen molar-refractivity contribution in [3.63, 3.8) is 0 Å². The van der Waals surface area contributed by atoms with Crippen molar-refractivity contribution in [2.24, 2.45) is 0 Å². The van der Waals surface area contributed by atoms with E-state index in [9.17, 15) is 0 Å². The monoisotopic (exact) mass is 783 g/mol. The quantitative estimate of drug-likeness (QED) is 0.0474. The fraction of sp³-hybridized carbons (Fsp3) is 0.444. The van der Waals surface area contributed by atoms with Gasteiger partial charge in [-0.05, 0) is 95.5 Å². The Hall–Kier alpha value is -4.70. The number of hydrogen-bond donors (Lipinski definition) is 0. The summed E-state index contributed by atoms with van der Waals surface area (Å²) in [6.45, 7) is 11.8. The van der Waals surface area contributed by atoms with Gasteiger partial charge in [0, 0.05) is 11.1 Å². The smallest absolute Gasteiger partial charge is 0.128 e. The molecule has 0 saturated carbocycles. The van der Waals surface area contributed by atoms with Crippen LogP contribution in [0.5, 0.6) is 23.0 Å². The van der Waals surface area contributed by atoms with Gasteiger partial charge in [0.1, 0.15) is 23.0 Å². The minimum absolute atomic E-state index is 0.669. The first-order valence-corrected chi connectivity index (χ1v) is 22.7. The molecule has 58 heavy (non-hydrogen) atoms. The van der Waals surface area contributed by atoms with E-state index in [1.807, 2.05) is 0 Å². The average molecular weight is 783 g/mol. The van der Waals surface area contributed by atoms with Crippen LogP contribution in [0, 0.1) is 0 Å². The number of ether oxygens (including phenoxy) is 4. The standard InChI is InChI=1S/C54H70O4/c1-5-9-13-15-17-19-39-55-49-33-29-45(30-34-49)43-21-25-47(26-22-43)51-41-54(58-38-12-8-4)52(42-53(51)57-37-11-7-3)48-27-23-44(24-28-48)46-31-35-50(36-32-46)56-40-20-18-16-14-10-6-2/h21-36,41-42H,5-20,37-40H2,1-4H3. The van der Waals surface area contributed by atoms with Gasteiger partial charge >= 0.3 is 0 Å². The van der Waals surface area contributed by atoms with Crippen LogP contribution >= 0.6 is 0 Å². The number of rotatable bonds is 28. The van der Waals surface area contributed by atoms with Crippen molar-refractivity contribution in [3.05, 3.63) is 109 Å². The highest BCUT2D eigenvalue weighted by Crippen LogP contribution is 2.42. The first kappa shape index (κ1) is 44.4. The average Bonchev–Trinajstić information content (AvgIpc) is 3.27. The lowest BCUT2D eigenvalue weighted by atomic mass is 9.95. The molecule has 0 aliphatic carbocycles. The Balaban J connectivity index is 1.30. The summed E-state index contributed by atoms with van der Waals surface area (Å²) < 4.78 is 25.2. The lowest BCUT2D eigenvalue weighted by molar-refractivity contribution is 0.303. The summed E-state index contributed by atoms with van der Waals surface area (Å²) in [5.41, 5.74) is 9.00. The van der Waals surface area contributed by atoms with Crippen molar-refractivity contribution in [2.75, 3.05) is 26.4 Å². The van der Waals surface area contributed by atoms with E-state index in [2.05, 4.69) is 137 Å². The van der Waals surface area contributed by atoms with Crippen LogP contribution in [0.2, 0.25) is 0 Å². The van der Waals surface area contributed by atoms with Gasteiger partial charge in [0.2, 0.25) is 0 Å². The van der Waals surface area contributed by atoms with Gasteiger partial charge in [-0.2, -0.15) is 0 Å². The highest BCUT2D eigenvalue weighted by molar-refractivity contribution is 5.83. The van der Waals surface area contributed by atoms with Gasteiger partial charge in [0.25, 0.3) is 0 Å². The zero-order valence-electron chi connectivity index (χ0n) is 36.2. The topological polar surface area (TPSA) is 36.9 Å². The molecule has 0 radical (unpaired) electrons. The van der Waals surface area contributed by atoms with Crippen molar-refractivity contribution in [3.8, 4) is 67.5 Å². The third-order valence-electron chi connectivity index (χ3n) is 10.9. The molecule has 0 unspecified atom stereocenters. The molecule has 4 heteroatoms. The van der Waals surface area contributed by atoms with Gasteiger partial charge < -0.3 is 18.9 Å². The fourth-order valence-corrected chi connectivity index (χ4v) is 7.22. The predicted octanol–water partition coefficient (Wildman–Crippen LogP) is 16.2. The summed E-state index contributed by atoms with van der Waals surface area (Å²) in [5, 5.41) is 0. The number of benzene rings is 5. The Bertz CT molecular complexity index is 1700. The molecular weight excluding hydrogens is 713 g/mol. The van der Waals surface area contributed by atoms with Crippen molar-refractivity contribution < 1.29 is 18.9 Å². The van der Waals surface area contributed by atoms with Gasteiger partial charge in [-0.15, -0.1) is 0 Å². The molecule has 5 aromatic rings. The van der Waals surface area contributed by atoms with Gasteiger partial charge in [-0.25, -0.2) is 0 Å². The van der Waals surface area contributed by atoms with Gasteiger partial charge in [0.05, 0.1) is 26.4 Å². The summed E-state index contributed by atoms with van der Waals surface area (Å²) >= 11 is 0. The third kappa shape index (κ3) is 14.3. The molecule has 0 aliphatic heterocycles. The molecule has 0 aromatic heterocycles. The maximum Gasteiger partial charge on any atom is 0.128 e. The Kier molecular flexibility index (Phi) is 19.6. The lowest BCUT2D eigenvalue weighted by Crippen LogP contribution is -2.02. The zero-order chi connectivity index (χ0) is 40.6. The summed E-state index contributed by atoms with van der Waals surface area (Å²) in [5.74, 6) is 3.63. The molecule has 310 valence electrons. The van der Waals surface area contributed by atoms with Crippen LogP contribution in [0.25, 0.3) is 44.5 Å². The van der Waals surface area contributed by atoms with Crippen LogP contribution in [0.4, 0.5) is 0 Å². The highest BCUT2D eigenvalue weighted by atomic mass is 16.5. The van der Waals surface area contributed by atoms with E-state index in [0.29, 0.717) is 13.2 Å². The molecule has 0 N–H and O–H groups in total. The number of hydrogen-bond acceptors (Lipinski definition) is 4. The normalized spacial score (nSPS) is 11.1. The molecule has 0 spiro atoms. The van der Waals surface area contributed by atoms with E-state index in [0.717, 1.165) is 97.0 Å². The summed E-state index contributed by atoms with van der Waals surface area (Å²) in [4.78, 5) is 0. The second-order valence-electron chi connectivity index (χ2n) is 15.7. The SMILES string of the molecule is CCCCCCCCOc1ccc(-c2ccc(-c3cc(OCCCC)c(-c4ccc(-c5ccc(OCCCCCCCC)cc5)cc4)cc3OCCCC)cc2)cc1. The molecule has 5 rings (SSSR count). The van der Waals surface area contributed by atoms with E-state index < -0.39 is 0 Å². The van der Waals surface area contributed by atoms with Crippen LogP contribution in [0.15, 0.2) is 109 Å². The fourth-order valence-electron chi connectivity index (χ4n) is 7.22. The van der Waals surface area contributed by atoms with E-state index in [-0.39, 0.29) is 0 Å². The molecular formula is C54H70O4. The first-order chi connectivity index (χ1) is 28.6. The summed E-state index contributed by atoms with van der Waals surface area (Å²) in [6, 6.07) is 39.0. The van der Waals surface area contributed by atoms with Gasteiger partial charge in [0.15, 0.2) is 0 Å². The maximum absolute atomic E-state index is 6.55. The second-order valence-corrected chi connectivity index (χ2v) is 15.7. The van der Waals surface area contributed by atoms with E-state index in [1.165, 1.54) is 86.5 Å². The van der Waals surface area contributed by atoms with Crippen LogP contribution in [0.1, 0.15) is 130 Å². The minimum atomic E-state index is 0.669. The van der Waals surface area contributed by atoms with E-state index >= 15 is 0 Å². The third-order valence-corrected chi connectivity index (χ3v) is 10.9. The van der Waals surface area contributed by atoms with Crippen LogP contribution in [0.3, 0.4) is 0 Å². The Morgan fingerprint density at radius 1 is 0.276 bits per heavy atom. The Labute approximate surface area is 351 Å². The summed E-state index contributed by atoms with van der Waals surface area (Å²) in [7, 11) is 0. The molecule has 0 bridgehead atoms. The van der Waals surface area contributed by atoms with Crippen molar-refractivity contribution in [2.45, 2.75) is 130 Å². The van der Waals surface area contributed by atoms with Crippen LogP contribution in [-0.2, 0) is 0 Å². The van der Waals surface area contributed by atoms with Crippen molar-refractivity contribution in [1.82, 2.24) is 0 Å². The zero-order valence-corrected chi connectivity index (χ0v) is 36.2. The maximum atomic E-state index is 6.55. The summed E-state index contributed by atoms with van der Waals surface area (Å²) in [6.07, 6.45) is 19.3. The van der Waals surface area contributed by atoms with Crippen molar-refractivity contribution >= 4 is 0 Å². The molecule has 0 fully saturated rings. The lowest BCUT2D eigenvalue weighted by Gasteiger charge is -2.19. The van der Waals surface area contributed by atoms with Crippen LogP contribution < -0.4 is 18.9 Å². The van der Waals surface area contributed by atoms with Gasteiger partial charge in [-0.1, -0.05) is 178 Å². The van der Waals surface area contributed by atoms with Crippen LogP contribution in [-0.4, -0.2) is 26.4 Å². The first-order valence-electron chi connectivity index (χ1n) is 22.7. The molecule has 0 atom stereocenters. The molecule has 0 amide bonds. The second kappa shape index (κ2) is 25.6. The van der Waals surface area contributed by atoms with Gasteiger partial charge in [-0.3, -0.25) is 0 Å². The number of unbranched alkanes of at least 4 members (excludes halogenated alkanes) is 12. The molecule has 0 heterocycles. The largest absolute Gasteiger partial charge is 0.494 e. The van der Waals surface area contributed by atoms with E-state index in [1.54, 1.807) is 0 Å².